The fourth-order valence-electron chi connectivity index (χ4n) is 1.66. The van der Waals surface area contributed by atoms with Crippen LogP contribution >= 0.6 is 15.9 Å². The van der Waals surface area contributed by atoms with E-state index in [2.05, 4.69) is 26.2 Å². The van der Waals surface area contributed by atoms with Gasteiger partial charge in [0.05, 0.1) is 0 Å². The first kappa shape index (κ1) is 14.0. The summed E-state index contributed by atoms with van der Waals surface area (Å²) in [5.41, 5.74) is 0.156. The molecular weight excluding hydrogens is 317 g/mol. The summed E-state index contributed by atoms with van der Waals surface area (Å²) in [4.78, 5) is 15.7. The molecule has 2 rings (SSSR count). The second-order valence-electron chi connectivity index (χ2n) is 4.01. The summed E-state index contributed by atoms with van der Waals surface area (Å²) >= 11 is 3.23. The van der Waals surface area contributed by atoms with Crippen LogP contribution in [0.4, 0.5) is 4.39 Å². The topological polar surface area (TPSA) is 66.6 Å². The maximum Gasteiger partial charge on any atom is 0.274 e. The number of rotatable bonds is 5. The molecule has 0 unspecified atom stereocenters. The number of carbonyl (C=O) groups excluding carboxylic acids is 1. The molecule has 0 radical (unpaired) electrons. The largest absolute Gasteiger partial charge is 0.396 e. The van der Waals surface area contributed by atoms with Crippen molar-refractivity contribution in [1.82, 2.24) is 14.7 Å². The second kappa shape index (κ2) is 6.12. The number of halogens is 2. The van der Waals surface area contributed by atoms with Crippen molar-refractivity contribution in [3.05, 3.63) is 34.4 Å². The number of unbranched alkanes of at least 4 members (excludes halogenated alkanes) is 1. The number of aromatic nitrogens is 2. The van der Waals surface area contributed by atoms with E-state index in [-0.39, 0.29) is 12.3 Å². The molecule has 0 aromatic carbocycles. The SMILES string of the molecule is O=C(NCCCCO)c1nc2ccc(Br)cn2c1F. The fraction of sp³-hybridized carbons (Fsp3) is 0.333. The van der Waals surface area contributed by atoms with E-state index in [1.807, 2.05) is 0 Å². The van der Waals surface area contributed by atoms with Crippen LogP contribution in [-0.2, 0) is 0 Å². The lowest BCUT2D eigenvalue weighted by atomic mass is 10.3. The van der Waals surface area contributed by atoms with Crippen molar-refractivity contribution in [2.45, 2.75) is 12.8 Å². The van der Waals surface area contributed by atoms with Crippen molar-refractivity contribution in [3.63, 3.8) is 0 Å². The molecule has 19 heavy (non-hydrogen) atoms. The molecule has 5 nitrogen and oxygen atoms in total. The first-order chi connectivity index (χ1) is 9.13. The Morgan fingerprint density at radius 3 is 3.00 bits per heavy atom. The monoisotopic (exact) mass is 329 g/mol. The average Bonchev–Trinajstić information content (AvgIpc) is 2.72. The third-order valence-corrected chi connectivity index (χ3v) is 3.08. The third-order valence-electron chi connectivity index (χ3n) is 2.61. The third kappa shape index (κ3) is 3.10. The molecule has 102 valence electrons. The normalized spacial score (nSPS) is 10.9. The zero-order valence-corrected chi connectivity index (χ0v) is 11.7. The van der Waals surface area contributed by atoms with Crippen LogP contribution in [0.1, 0.15) is 23.3 Å². The number of nitrogens with zero attached hydrogens (tertiary/aromatic N) is 2. The number of carbonyl (C=O) groups is 1. The second-order valence-corrected chi connectivity index (χ2v) is 4.93. The van der Waals surface area contributed by atoms with E-state index in [0.717, 1.165) is 0 Å². The molecule has 0 aliphatic rings. The molecule has 0 saturated carbocycles. The molecule has 0 bridgehead atoms. The number of aliphatic hydroxyl groups excluding tert-OH is 1. The smallest absolute Gasteiger partial charge is 0.274 e. The predicted octanol–water partition coefficient (Wildman–Crippen LogP) is 1.74. The summed E-state index contributed by atoms with van der Waals surface area (Å²) in [5.74, 6) is -1.23. The standard InChI is InChI=1S/C12H13BrFN3O2/c13-8-3-4-9-16-10(11(14)17(9)7-8)12(19)15-5-1-2-6-18/h3-4,7,18H,1-2,5-6H2,(H,15,19). The Balaban J connectivity index is 2.16. The van der Waals surface area contributed by atoms with Crippen LogP contribution in [0, 0.1) is 5.95 Å². The molecule has 0 aliphatic carbocycles. The van der Waals surface area contributed by atoms with Crippen LogP contribution in [0.5, 0.6) is 0 Å². The van der Waals surface area contributed by atoms with E-state index in [1.54, 1.807) is 12.1 Å². The van der Waals surface area contributed by atoms with Crippen molar-refractivity contribution in [2.75, 3.05) is 13.2 Å². The summed E-state index contributed by atoms with van der Waals surface area (Å²) in [5, 5.41) is 11.2. The molecule has 0 fully saturated rings. The molecule has 2 aromatic heterocycles. The fourth-order valence-corrected chi connectivity index (χ4v) is 1.99. The van der Waals surface area contributed by atoms with Gasteiger partial charge in [-0.3, -0.25) is 9.20 Å². The van der Waals surface area contributed by atoms with Crippen molar-refractivity contribution in [1.29, 1.82) is 0 Å². The van der Waals surface area contributed by atoms with Gasteiger partial charge in [-0.15, -0.1) is 0 Å². The summed E-state index contributed by atoms with van der Waals surface area (Å²) in [6, 6.07) is 3.35. The number of hydrogen-bond donors (Lipinski definition) is 2. The van der Waals surface area contributed by atoms with Gasteiger partial charge in [0, 0.05) is 23.8 Å². The minimum Gasteiger partial charge on any atom is -0.396 e. The highest BCUT2D eigenvalue weighted by molar-refractivity contribution is 9.10. The minimum absolute atomic E-state index is 0.0760. The van der Waals surface area contributed by atoms with Gasteiger partial charge in [0.1, 0.15) is 5.65 Å². The number of nitrogens with one attached hydrogen (secondary N) is 1. The van der Waals surface area contributed by atoms with E-state index >= 15 is 0 Å². The Morgan fingerprint density at radius 1 is 1.47 bits per heavy atom. The lowest BCUT2D eigenvalue weighted by molar-refractivity contribution is 0.0943. The van der Waals surface area contributed by atoms with Crippen LogP contribution < -0.4 is 5.32 Å². The predicted molar refractivity (Wildman–Crippen MR) is 71.5 cm³/mol. The van der Waals surface area contributed by atoms with E-state index < -0.39 is 11.9 Å². The lowest BCUT2D eigenvalue weighted by Crippen LogP contribution is -2.25. The number of aliphatic hydroxyl groups is 1. The Labute approximate surface area is 117 Å². The molecule has 7 heteroatoms. The summed E-state index contributed by atoms with van der Waals surface area (Å²) < 4.78 is 15.9. The van der Waals surface area contributed by atoms with Crippen molar-refractivity contribution in [3.8, 4) is 0 Å². The molecule has 2 N–H and O–H groups in total. The minimum atomic E-state index is -0.684. The summed E-state index contributed by atoms with van der Waals surface area (Å²) in [6.07, 6.45) is 2.75. The number of fused-ring (bicyclic) bond motifs is 1. The molecule has 0 saturated heterocycles. The summed E-state index contributed by atoms with van der Waals surface area (Å²) in [7, 11) is 0. The van der Waals surface area contributed by atoms with E-state index in [1.165, 1.54) is 10.6 Å². The Morgan fingerprint density at radius 2 is 2.26 bits per heavy atom. The van der Waals surface area contributed by atoms with Crippen LogP contribution in [0.3, 0.4) is 0 Å². The molecular formula is C12H13BrFN3O2. The first-order valence-electron chi connectivity index (χ1n) is 5.85. The molecule has 0 atom stereocenters. The van der Waals surface area contributed by atoms with E-state index in [0.29, 0.717) is 29.5 Å². The highest BCUT2D eigenvalue weighted by atomic mass is 79.9. The Hall–Kier alpha value is -1.47. The number of imidazole rings is 1. The van der Waals surface area contributed by atoms with Crippen molar-refractivity contribution < 1.29 is 14.3 Å². The number of hydrogen-bond acceptors (Lipinski definition) is 3. The van der Waals surface area contributed by atoms with Gasteiger partial charge >= 0.3 is 0 Å². The average molecular weight is 330 g/mol. The van der Waals surface area contributed by atoms with Crippen LogP contribution in [0.2, 0.25) is 0 Å². The van der Waals surface area contributed by atoms with Crippen molar-refractivity contribution in [2.24, 2.45) is 0 Å². The molecule has 1 amide bonds. The molecule has 2 aromatic rings. The number of pyridine rings is 1. The molecule has 0 aliphatic heterocycles. The van der Waals surface area contributed by atoms with Gasteiger partial charge in [-0.1, -0.05) is 0 Å². The van der Waals surface area contributed by atoms with Crippen LogP contribution in [0.15, 0.2) is 22.8 Å². The van der Waals surface area contributed by atoms with E-state index in [9.17, 15) is 9.18 Å². The van der Waals surface area contributed by atoms with Crippen molar-refractivity contribution >= 4 is 27.5 Å². The maximum absolute atomic E-state index is 14.0. The van der Waals surface area contributed by atoms with Gasteiger partial charge in [-0.25, -0.2) is 4.98 Å². The van der Waals surface area contributed by atoms with Gasteiger partial charge in [-0.05, 0) is 40.9 Å². The highest BCUT2D eigenvalue weighted by Crippen LogP contribution is 2.15. The summed E-state index contributed by atoms with van der Waals surface area (Å²) in [6.45, 7) is 0.461. The Bertz CT molecular complexity index is 600. The van der Waals surface area contributed by atoms with E-state index in [4.69, 9.17) is 5.11 Å². The zero-order chi connectivity index (χ0) is 13.8. The van der Waals surface area contributed by atoms with Gasteiger partial charge in [0.2, 0.25) is 5.95 Å². The van der Waals surface area contributed by atoms with Gasteiger partial charge in [-0.2, -0.15) is 4.39 Å². The first-order valence-corrected chi connectivity index (χ1v) is 6.65. The van der Waals surface area contributed by atoms with Crippen LogP contribution in [-0.4, -0.2) is 33.6 Å². The quantitative estimate of drug-likeness (QED) is 0.821. The lowest BCUT2D eigenvalue weighted by Gasteiger charge is -2.01. The maximum atomic E-state index is 14.0. The number of amides is 1. The zero-order valence-electron chi connectivity index (χ0n) is 10.1. The van der Waals surface area contributed by atoms with Gasteiger partial charge < -0.3 is 10.4 Å². The molecule has 2 heterocycles. The highest BCUT2D eigenvalue weighted by Gasteiger charge is 2.18. The van der Waals surface area contributed by atoms with Crippen LogP contribution in [0.25, 0.3) is 5.65 Å². The van der Waals surface area contributed by atoms with Gasteiger partial charge in [0.25, 0.3) is 5.91 Å². The Kier molecular flexibility index (Phi) is 4.49. The molecule has 0 spiro atoms. The van der Waals surface area contributed by atoms with Gasteiger partial charge in [0.15, 0.2) is 5.69 Å².